The number of thioether (sulfide) groups is 1. The smallest absolute Gasteiger partial charge is 0.274 e. The summed E-state index contributed by atoms with van der Waals surface area (Å²) in [5.41, 5.74) is 0.929. The molecule has 2 atom stereocenters. The lowest BCUT2D eigenvalue weighted by Gasteiger charge is -2.20. The SMILES string of the molecule is CCCNC1CSCC1Cc1ccc(Cl)cc1[N+](=O)[O-]. The molecule has 0 radical (unpaired) electrons. The van der Waals surface area contributed by atoms with Gasteiger partial charge in [-0.3, -0.25) is 10.1 Å². The lowest BCUT2D eigenvalue weighted by Crippen LogP contribution is -2.36. The fraction of sp³-hybridized carbons (Fsp3) is 0.571. The van der Waals surface area contributed by atoms with Gasteiger partial charge in [0, 0.05) is 28.4 Å². The third-order valence-corrected chi connectivity index (χ3v) is 5.07. The maximum Gasteiger partial charge on any atom is 0.274 e. The number of nitro groups is 1. The Kier molecular flexibility index (Phi) is 5.69. The summed E-state index contributed by atoms with van der Waals surface area (Å²) >= 11 is 7.77. The second kappa shape index (κ2) is 7.29. The van der Waals surface area contributed by atoms with Crippen molar-refractivity contribution < 1.29 is 4.92 Å². The van der Waals surface area contributed by atoms with Crippen LogP contribution >= 0.6 is 23.4 Å². The van der Waals surface area contributed by atoms with E-state index >= 15 is 0 Å². The van der Waals surface area contributed by atoms with Crippen LogP contribution in [0.4, 0.5) is 5.69 Å². The molecule has 2 unspecified atom stereocenters. The van der Waals surface area contributed by atoms with E-state index in [0.29, 0.717) is 17.0 Å². The third-order valence-electron chi connectivity index (χ3n) is 3.58. The van der Waals surface area contributed by atoms with Crippen molar-refractivity contribution in [2.45, 2.75) is 25.8 Å². The van der Waals surface area contributed by atoms with E-state index < -0.39 is 0 Å². The Bertz CT molecular complexity index is 484. The molecule has 0 saturated carbocycles. The molecule has 6 heteroatoms. The van der Waals surface area contributed by atoms with Crippen LogP contribution < -0.4 is 5.32 Å². The second-order valence-electron chi connectivity index (χ2n) is 5.09. The molecule has 0 aliphatic carbocycles. The first-order valence-corrected chi connectivity index (χ1v) is 8.39. The molecule has 2 rings (SSSR count). The number of nitro benzene ring substituents is 1. The average molecular weight is 315 g/mol. The summed E-state index contributed by atoms with van der Waals surface area (Å²) in [6, 6.07) is 5.43. The standard InChI is InChI=1S/C14H19ClN2O2S/c1-2-5-16-13-9-20-8-11(13)6-10-3-4-12(15)7-14(10)17(18)19/h3-4,7,11,13,16H,2,5-6,8-9H2,1H3. The van der Waals surface area contributed by atoms with E-state index in [1.54, 1.807) is 12.1 Å². The minimum absolute atomic E-state index is 0.142. The molecule has 20 heavy (non-hydrogen) atoms. The van der Waals surface area contributed by atoms with Crippen molar-refractivity contribution in [1.29, 1.82) is 0 Å². The van der Waals surface area contributed by atoms with Gasteiger partial charge in [0.05, 0.1) is 4.92 Å². The van der Waals surface area contributed by atoms with Crippen LogP contribution in [0.5, 0.6) is 0 Å². The van der Waals surface area contributed by atoms with Crippen LogP contribution in [0.15, 0.2) is 18.2 Å². The van der Waals surface area contributed by atoms with Crippen LogP contribution in [0, 0.1) is 16.0 Å². The van der Waals surface area contributed by atoms with E-state index in [1.165, 1.54) is 6.07 Å². The van der Waals surface area contributed by atoms with Crippen LogP contribution in [0.2, 0.25) is 5.02 Å². The van der Waals surface area contributed by atoms with Crippen LogP contribution in [0.1, 0.15) is 18.9 Å². The molecule has 0 spiro atoms. The van der Waals surface area contributed by atoms with Gasteiger partial charge >= 0.3 is 0 Å². The van der Waals surface area contributed by atoms with E-state index in [9.17, 15) is 10.1 Å². The molecule has 1 aliphatic rings. The van der Waals surface area contributed by atoms with Crippen molar-refractivity contribution in [1.82, 2.24) is 5.32 Å². The summed E-state index contributed by atoms with van der Waals surface area (Å²) in [6.45, 7) is 3.15. The highest BCUT2D eigenvalue weighted by Crippen LogP contribution is 2.31. The van der Waals surface area contributed by atoms with Gasteiger partial charge in [0.2, 0.25) is 0 Å². The van der Waals surface area contributed by atoms with Crippen molar-refractivity contribution in [2.24, 2.45) is 5.92 Å². The first-order valence-electron chi connectivity index (χ1n) is 6.85. The summed E-state index contributed by atoms with van der Waals surface area (Å²) < 4.78 is 0. The quantitative estimate of drug-likeness (QED) is 0.645. The normalized spacial score (nSPS) is 22.1. The number of hydrogen-bond donors (Lipinski definition) is 1. The predicted molar refractivity (Wildman–Crippen MR) is 84.7 cm³/mol. The molecular formula is C14H19ClN2O2S. The lowest BCUT2D eigenvalue weighted by atomic mass is 9.94. The van der Waals surface area contributed by atoms with Crippen molar-refractivity contribution in [3.63, 3.8) is 0 Å². The maximum atomic E-state index is 11.1. The molecule has 0 amide bonds. The van der Waals surface area contributed by atoms with E-state index in [-0.39, 0.29) is 10.6 Å². The Hall–Kier alpha value is -0.780. The summed E-state index contributed by atoms with van der Waals surface area (Å²) in [6.07, 6.45) is 1.84. The van der Waals surface area contributed by atoms with Crippen molar-refractivity contribution >= 4 is 29.1 Å². The van der Waals surface area contributed by atoms with Crippen LogP contribution in [0.25, 0.3) is 0 Å². The summed E-state index contributed by atoms with van der Waals surface area (Å²) in [4.78, 5) is 10.8. The van der Waals surface area contributed by atoms with Gasteiger partial charge in [-0.15, -0.1) is 0 Å². The van der Waals surface area contributed by atoms with E-state index in [4.69, 9.17) is 11.6 Å². The third kappa shape index (κ3) is 3.87. The van der Waals surface area contributed by atoms with Gasteiger partial charge in [0.25, 0.3) is 5.69 Å². The van der Waals surface area contributed by atoms with Crippen LogP contribution in [0.3, 0.4) is 0 Å². The zero-order chi connectivity index (χ0) is 14.5. The van der Waals surface area contributed by atoms with E-state index in [1.807, 2.05) is 11.8 Å². The fourth-order valence-corrected chi connectivity index (χ4v) is 4.12. The fourth-order valence-electron chi connectivity index (χ4n) is 2.52. The van der Waals surface area contributed by atoms with Crippen molar-refractivity contribution in [3.05, 3.63) is 38.9 Å². The highest BCUT2D eigenvalue weighted by atomic mass is 35.5. The highest BCUT2D eigenvalue weighted by molar-refractivity contribution is 7.99. The Morgan fingerprint density at radius 1 is 1.50 bits per heavy atom. The van der Waals surface area contributed by atoms with Crippen molar-refractivity contribution in [3.8, 4) is 0 Å². The van der Waals surface area contributed by atoms with Gasteiger partial charge < -0.3 is 5.32 Å². The molecule has 1 saturated heterocycles. The summed E-state index contributed by atoms with van der Waals surface area (Å²) in [7, 11) is 0. The predicted octanol–water partition coefficient (Wildman–Crippen LogP) is 3.52. The zero-order valence-electron chi connectivity index (χ0n) is 11.5. The highest BCUT2D eigenvalue weighted by Gasteiger charge is 2.29. The molecule has 4 nitrogen and oxygen atoms in total. The Balaban J connectivity index is 2.11. The van der Waals surface area contributed by atoms with E-state index in [2.05, 4.69) is 12.2 Å². The van der Waals surface area contributed by atoms with Gasteiger partial charge in [-0.25, -0.2) is 0 Å². The topological polar surface area (TPSA) is 55.2 Å². The minimum Gasteiger partial charge on any atom is -0.313 e. The zero-order valence-corrected chi connectivity index (χ0v) is 13.0. The van der Waals surface area contributed by atoms with Gasteiger partial charge in [0.15, 0.2) is 0 Å². The molecule has 110 valence electrons. The van der Waals surface area contributed by atoms with Gasteiger partial charge in [-0.05, 0) is 37.1 Å². The maximum absolute atomic E-state index is 11.1. The molecule has 1 N–H and O–H groups in total. The summed E-state index contributed by atoms with van der Waals surface area (Å²) in [5, 5.41) is 15.1. The number of nitrogens with zero attached hydrogens (tertiary/aromatic N) is 1. The lowest BCUT2D eigenvalue weighted by molar-refractivity contribution is -0.385. The second-order valence-corrected chi connectivity index (χ2v) is 6.60. The first-order chi connectivity index (χ1) is 9.61. The Labute approximate surface area is 128 Å². The molecular weight excluding hydrogens is 296 g/mol. The average Bonchev–Trinajstić information content (AvgIpc) is 2.85. The number of benzene rings is 1. The van der Waals surface area contributed by atoms with Crippen LogP contribution in [-0.2, 0) is 6.42 Å². The van der Waals surface area contributed by atoms with Crippen molar-refractivity contribution in [2.75, 3.05) is 18.1 Å². The summed E-state index contributed by atoms with van der Waals surface area (Å²) in [5.74, 6) is 2.60. The largest absolute Gasteiger partial charge is 0.313 e. The molecule has 1 aromatic rings. The van der Waals surface area contributed by atoms with E-state index in [0.717, 1.165) is 36.5 Å². The van der Waals surface area contributed by atoms with Gasteiger partial charge in [0.1, 0.15) is 0 Å². The minimum atomic E-state index is -0.336. The molecule has 0 bridgehead atoms. The number of halogens is 1. The monoisotopic (exact) mass is 314 g/mol. The molecule has 1 aromatic carbocycles. The number of rotatable bonds is 6. The molecule has 1 heterocycles. The Morgan fingerprint density at radius 2 is 2.30 bits per heavy atom. The Morgan fingerprint density at radius 3 is 3.00 bits per heavy atom. The van der Waals surface area contributed by atoms with Crippen LogP contribution in [-0.4, -0.2) is 29.0 Å². The first kappa shape index (κ1) is 15.6. The molecule has 0 aromatic heterocycles. The molecule has 1 aliphatic heterocycles. The number of hydrogen-bond acceptors (Lipinski definition) is 4. The molecule has 1 fully saturated rings. The number of nitrogens with one attached hydrogen (secondary N) is 1. The van der Waals surface area contributed by atoms with Gasteiger partial charge in [-0.2, -0.15) is 11.8 Å². The van der Waals surface area contributed by atoms with Gasteiger partial charge in [-0.1, -0.05) is 24.6 Å².